The van der Waals surface area contributed by atoms with Gasteiger partial charge in [0, 0.05) is 37.9 Å². The molecule has 0 bridgehead atoms. The lowest BCUT2D eigenvalue weighted by Gasteiger charge is -2.33. The van der Waals surface area contributed by atoms with Gasteiger partial charge in [-0.3, -0.25) is 4.79 Å². The molecule has 1 aliphatic heterocycles. The second-order valence-corrected chi connectivity index (χ2v) is 7.78. The highest BCUT2D eigenvalue weighted by Crippen LogP contribution is 2.28. The Kier molecular flexibility index (Phi) is 6.74. The second-order valence-electron chi connectivity index (χ2n) is 6.80. The zero-order valence-corrected chi connectivity index (χ0v) is 16.1. The Bertz CT molecular complexity index is 696. The normalized spacial score (nSPS) is 16.6. The molecule has 1 amide bonds. The van der Waals surface area contributed by atoms with E-state index >= 15 is 0 Å². The first-order valence-corrected chi connectivity index (χ1v) is 10.6. The Morgan fingerprint density at radius 2 is 2.04 bits per heavy atom. The number of amides is 1. The number of piperidine rings is 1. The van der Waals surface area contributed by atoms with Gasteiger partial charge in [-0.2, -0.15) is 11.8 Å². The molecule has 5 nitrogen and oxygen atoms in total. The highest BCUT2D eigenvalue weighted by atomic mass is 32.2. The van der Waals surface area contributed by atoms with E-state index in [1.54, 1.807) is 11.8 Å². The minimum atomic E-state index is -0.862. The number of aliphatic hydroxyl groups excluding tert-OH is 1. The van der Waals surface area contributed by atoms with Crippen LogP contribution in [-0.2, 0) is 11.3 Å². The van der Waals surface area contributed by atoms with Gasteiger partial charge in [-0.15, -0.1) is 0 Å². The van der Waals surface area contributed by atoms with Crippen LogP contribution in [0.1, 0.15) is 36.6 Å². The highest BCUT2D eigenvalue weighted by molar-refractivity contribution is 7.98. The van der Waals surface area contributed by atoms with Crippen molar-refractivity contribution in [2.45, 2.75) is 37.8 Å². The summed E-state index contributed by atoms with van der Waals surface area (Å²) in [6, 6.07) is 10.4. The summed E-state index contributed by atoms with van der Waals surface area (Å²) >= 11 is 1.65. The minimum absolute atomic E-state index is 0.120. The number of nitrogens with zero attached hydrogens (tertiary/aromatic N) is 3. The third kappa shape index (κ3) is 4.68. The van der Waals surface area contributed by atoms with E-state index in [-0.39, 0.29) is 5.91 Å². The van der Waals surface area contributed by atoms with E-state index in [0.29, 0.717) is 25.4 Å². The molecule has 2 aromatic rings. The molecule has 0 saturated carbocycles. The number of carbonyl (C=O) groups excluding carboxylic acids is 1. The first-order chi connectivity index (χ1) is 12.7. The molecule has 140 valence electrons. The zero-order valence-electron chi connectivity index (χ0n) is 15.3. The van der Waals surface area contributed by atoms with Crippen LogP contribution < -0.4 is 0 Å². The maximum atomic E-state index is 12.4. The quantitative estimate of drug-likeness (QED) is 0.811. The lowest BCUT2D eigenvalue weighted by atomic mass is 9.95. The van der Waals surface area contributed by atoms with E-state index in [1.165, 1.54) is 5.56 Å². The standard InChI is InChI=1S/C20H27N3O2S/c1-26-14-9-18(24)20(25)22-11-7-17(8-12-22)19-21-10-13-23(19)15-16-5-3-2-4-6-16/h2-6,10,13,17-18,24H,7-9,11-12,14-15H2,1H3/t18-/m0/s1. The number of aliphatic hydroxyl groups is 1. The average molecular weight is 374 g/mol. The summed E-state index contributed by atoms with van der Waals surface area (Å²) in [5, 5.41) is 10.0. The molecule has 1 aromatic heterocycles. The number of hydrogen-bond donors (Lipinski definition) is 1. The number of hydrogen-bond acceptors (Lipinski definition) is 4. The molecule has 0 unspecified atom stereocenters. The molecule has 1 saturated heterocycles. The number of rotatable bonds is 7. The molecule has 3 rings (SSSR count). The van der Waals surface area contributed by atoms with Crippen molar-refractivity contribution in [2.75, 3.05) is 25.1 Å². The van der Waals surface area contributed by atoms with Gasteiger partial charge in [0.15, 0.2) is 0 Å². The summed E-state index contributed by atoms with van der Waals surface area (Å²) in [6.45, 7) is 2.21. The van der Waals surface area contributed by atoms with Crippen LogP contribution in [0.4, 0.5) is 0 Å². The van der Waals surface area contributed by atoms with Gasteiger partial charge in [-0.1, -0.05) is 30.3 Å². The molecule has 1 atom stereocenters. The predicted octanol–water partition coefficient (Wildman–Crippen LogP) is 2.75. The molecular weight excluding hydrogens is 346 g/mol. The van der Waals surface area contributed by atoms with Crippen molar-refractivity contribution in [1.29, 1.82) is 0 Å². The van der Waals surface area contributed by atoms with Crippen molar-refractivity contribution in [2.24, 2.45) is 0 Å². The van der Waals surface area contributed by atoms with Crippen LogP contribution in [0.2, 0.25) is 0 Å². The number of benzene rings is 1. The molecule has 1 aliphatic rings. The molecule has 0 radical (unpaired) electrons. The fraction of sp³-hybridized carbons (Fsp3) is 0.500. The van der Waals surface area contributed by atoms with Crippen molar-refractivity contribution in [3.63, 3.8) is 0 Å². The maximum Gasteiger partial charge on any atom is 0.251 e. The number of imidazole rings is 1. The summed E-state index contributed by atoms with van der Waals surface area (Å²) in [7, 11) is 0. The van der Waals surface area contributed by atoms with Gasteiger partial charge >= 0.3 is 0 Å². The van der Waals surface area contributed by atoms with Crippen LogP contribution in [-0.4, -0.2) is 56.7 Å². The fourth-order valence-electron chi connectivity index (χ4n) is 3.52. The number of aromatic nitrogens is 2. The highest BCUT2D eigenvalue weighted by Gasteiger charge is 2.29. The fourth-order valence-corrected chi connectivity index (χ4v) is 3.98. The Hall–Kier alpha value is -1.79. The van der Waals surface area contributed by atoms with Gasteiger partial charge < -0.3 is 14.6 Å². The monoisotopic (exact) mass is 373 g/mol. The van der Waals surface area contributed by atoms with E-state index in [4.69, 9.17) is 0 Å². The third-order valence-corrected chi connectivity index (χ3v) is 5.64. The maximum absolute atomic E-state index is 12.4. The predicted molar refractivity (Wildman–Crippen MR) is 105 cm³/mol. The van der Waals surface area contributed by atoms with Gasteiger partial charge in [-0.05, 0) is 36.8 Å². The first-order valence-electron chi connectivity index (χ1n) is 9.19. The van der Waals surface area contributed by atoms with E-state index in [2.05, 4.69) is 33.8 Å². The largest absolute Gasteiger partial charge is 0.383 e. The van der Waals surface area contributed by atoms with Crippen molar-refractivity contribution < 1.29 is 9.90 Å². The molecule has 6 heteroatoms. The van der Waals surface area contributed by atoms with Crippen LogP contribution in [0.25, 0.3) is 0 Å². The molecule has 1 aromatic carbocycles. The van der Waals surface area contributed by atoms with Crippen LogP contribution in [0.3, 0.4) is 0 Å². The summed E-state index contributed by atoms with van der Waals surface area (Å²) in [5.41, 5.74) is 1.26. The van der Waals surface area contributed by atoms with E-state index in [0.717, 1.165) is 31.0 Å². The van der Waals surface area contributed by atoms with Gasteiger partial charge in [0.25, 0.3) is 5.91 Å². The van der Waals surface area contributed by atoms with Crippen LogP contribution in [0.15, 0.2) is 42.7 Å². The molecule has 1 N–H and O–H groups in total. The summed E-state index contributed by atoms with van der Waals surface area (Å²) < 4.78 is 2.21. The van der Waals surface area contributed by atoms with E-state index < -0.39 is 6.10 Å². The minimum Gasteiger partial charge on any atom is -0.383 e. The van der Waals surface area contributed by atoms with Gasteiger partial charge in [-0.25, -0.2) is 4.98 Å². The van der Waals surface area contributed by atoms with Crippen molar-refractivity contribution in [3.05, 3.63) is 54.1 Å². The zero-order chi connectivity index (χ0) is 18.4. The van der Waals surface area contributed by atoms with E-state index in [1.807, 2.05) is 29.6 Å². The lowest BCUT2D eigenvalue weighted by molar-refractivity contribution is -0.141. The van der Waals surface area contributed by atoms with Crippen molar-refractivity contribution >= 4 is 17.7 Å². The van der Waals surface area contributed by atoms with Gasteiger partial charge in [0.1, 0.15) is 11.9 Å². The second kappa shape index (κ2) is 9.24. The Morgan fingerprint density at radius 1 is 1.31 bits per heavy atom. The topological polar surface area (TPSA) is 58.4 Å². The Morgan fingerprint density at radius 3 is 2.73 bits per heavy atom. The summed E-state index contributed by atoms with van der Waals surface area (Å²) in [5.74, 6) is 2.15. The van der Waals surface area contributed by atoms with Gasteiger partial charge in [0.05, 0.1) is 0 Å². The van der Waals surface area contributed by atoms with Crippen molar-refractivity contribution in [3.8, 4) is 0 Å². The Balaban J connectivity index is 1.57. The Labute approximate surface area is 159 Å². The first kappa shape index (κ1) is 19.0. The molecule has 26 heavy (non-hydrogen) atoms. The molecular formula is C20H27N3O2S. The number of thioether (sulfide) groups is 1. The summed E-state index contributed by atoms with van der Waals surface area (Å²) in [6.07, 6.45) is 7.34. The smallest absolute Gasteiger partial charge is 0.251 e. The van der Waals surface area contributed by atoms with Crippen LogP contribution in [0, 0.1) is 0 Å². The van der Waals surface area contributed by atoms with E-state index in [9.17, 15) is 9.90 Å². The van der Waals surface area contributed by atoms with Crippen LogP contribution >= 0.6 is 11.8 Å². The number of carbonyl (C=O) groups is 1. The summed E-state index contributed by atoms with van der Waals surface area (Å²) in [4.78, 5) is 18.8. The average Bonchev–Trinajstić information content (AvgIpc) is 3.14. The molecule has 0 aliphatic carbocycles. The third-order valence-electron chi connectivity index (χ3n) is 5.00. The molecule has 2 heterocycles. The number of likely N-dealkylation sites (tertiary alicyclic amines) is 1. The van der Waals surface area contributed by atoms with Crippen LogP contribution in [0.5, 0.6) is 0 Å². The lowest BCUT2D eigenvalue weighted by Crippen LogP contribution is -2.44. The molecule has 1 fully saturated rings. The molecule has 0 spiro atoms. The van der Waals surface area contributed by atoms with Gasteiger partial charge in [0.2, 0.25) is 0 Å². The SMILES string of the molecule is CSCC[C@H](O)C(=O)N1CCC(c2nccn2Cc2ccccc2)CC1. The van der Waals surface area contributed by atoms with Crippen molar-refractivity contribution in [1.82, 2.24) is 14.5 Å².